The number of anilines is 1. The molecule has 25 heavy (non-hydrogen) atoms. The van der Waals surface area contributed by atoms with E-state index in [0.717, 1.165) is 0 Å². The average molecular weight is 373 g/mol. The first-order chi connectivity index (χ1) is 11.8. The monoisotopic (exact) mass is 373 g/mol. The lowest BCUT2D eigenvalue weighted by Gasteiger charge is -2.30. The zero-order valence-corrected chi connectivity index (χ0v) is 13.7. The number of nitrogens with one attached hydrogen (secondary N) is 2. The highest BCUT2D eigenvalue weighted by molar-refractivity contribution is 7.12. The molecule has 2 aromatic rings. The van der Waals surface area contributed by atoms with Gasteiger partial charge in [-0.05, 0) is 24.3 Å². The molecule has 1 aliphatic rings. The molecule has 1 saturated heterocycles. The number of hydrogen-bond acceptors (Lipinski definition) is 5. The average Bonchev–Trinajstić information content (AvgIpc) is 3.25. The fourth-order valence-electron chi connectivity index (χ4n) is 2.56. The summed E-state index contributed by atoms with van der Waals surface area (Å²) >= 11 is 1.36. The first-order valence-corrected chi connectivity index (χ1v) is 8.36. The molecule has 1 fully saturated rings. The van der Waals surface area contributed by atoms with E-state index in [1.54, 1.807) is 22.1 Å². The van der Waals surface area contributed by atoms with Gasteiger partial charge < -0.3 is 4.90 Å². The molecule has 3 heterocycles. The number of carbonyl (C=O) groups excluding carboxylic acids is 2. The minimum Gasteiger partial charge on any atom is -0.338 e. The Kier molecular flexibility index (Phi) is 4.75. The molecule has 134 valence electrons. The summed E-state index contributed by atoms with van der Waals surface area (Å²) in [5.41, 5.74) is 0. The Balaban J connectivity index is 1.53. The Morgan fingerprint density at radius 1 is 1.32 bits per heavy atom. The van der Waals surface area contributed by atoms with Crippen molar-refractivity contribution in [3.8, 4) is 0 Å². The van der Waals surface area contributed by atoms with Crippen molar-refractivity contribution in [3.63, 3.8) is 0 Å². The summed E-state index contributed by atoms with van der Waals surface area (Å²) in [6.07, 6.45) is -3.79. The number of thiophene rings is 1. The van der Waals surface area contributed by atoms with E-state index in [4.69, 9.17) is 0 Å². The molecule has 2 amide bonds. The van der Waals surface area contributed by atoms with Crippen molar-refractivity contribution in [1.82, 2.24) is 20.1 Å². The molecule has 7 nitrogen and oxygen atoms in total. The van der Waals surface area contributed by atoms with Crippen LogP contribution >= 0.6 is 11.3 Å². The summed E-state index contributed by atoms with van der Waals surface area (Å²) in [7, 11) is 0. The number of hydrogen-bond donors (Lipinski definition) is 2. The summed E-state index contributed by atoms with van der Waals surface area (Å²) in [5.74, 6) is -2.60. The van der Waals surface area contributed by atoms with E-state index in [9.17, 15) is 22.8 Å². The van der Waals surface area contributed by atoms with Crippen LogP contribution in [-0.2, 0) is 11.0 Å². The second kappa shape index (κ2) is 6.82. The molecule has 1 aliphatic heterocycles. The van der Waals surface area contributed by atoms with Crippen LogP contribution in [0.5, 0.6) is 0 Å². The normalized spacial score (nSPS) is 16.0. The van der Waals surface area contributed by atoms with Crippen LogP contribution in [0, 0.1) is 5.92 Å². The zero-order valence-electron chi connectivity index (χ0n) is 12.8. The third-order valence-corrected chi connectivity index (χ3v) is 4.73. The summed E-state index contributed by atoms with van der Waals surface area (Å²) in [4.78, 5) is 29.9. The fourth-order valence-corrected chi connectivity index (χ4v) is 3.25. The van der Waals surface area contributed by atoms with E-state index >= 15 is 0 Å². The number of carbonyl (C=O) groups is 2. The number of rotatable bonds is 3. The number of aromatic amines is 1. The molecule has 0 saturated carbocycles. The van der Waals surface area contributed by atoms with Crippen LogP contribution in [0.15, 0.2) is 17.5 Å². The highest BCUT2D eigenvalue weighted by Gasteiger charge is 2.36. The molecular formula is C14H14F3N5O2S. The van der Waals surface area contributed by atoms with Crippen LogP contribution < -0.4 is 5.32 Å². The maximum absolute atomic E-state index is 12.4. The van der Waals surface area contributed by atoms with Gasteiger partial charge in [0.2, 0.25) is 17.7 Å². The number of aromatic nitrogens is 3. The van der Waals surface area contributed by atoms with E-state index in [1.807, 2.05) is 5.38 Å². The quantitative estimate of drug-likeness (QED) is 0.864. The van der Waals surface area contributed by atoms with Crippen molar-refractivity contribution in [1.29, 1.82) is 0 Å². The van der Waals surface area contributed by atoms with E-state index in [0.29, 0.717) is 30.8 Å². The Hall–Kier alpha value is -2.43. The van der Waals surface area contributed by atoms with Gasteiger partial charge in [-0.25, -0.2) is 0 Å². The van der Waals surface area contributed by atoms with Crippen LogP contribution in [0.4, 0.5) is 19.1 Å². The van der Waals surface area contributed by atoms with E-state index in [1.165, 1.54) is 11.3 Å². The highest BCUT2D eigenvalue weighted by atomic mass is 32.1. The Morgan fingerprint density at radius 2 is 2.04 bits per heavy atom. The highest BCUT2D eigenvalue weighted by Crippen LogP contribution is 2.27. The van der Waals surface area contributed by atoms with Gasteiger partial charge in [0.1, 0.15) is 0 Å². The predicted octanol–water partition coefficient (Wildman–Crippen LogP) is 2.38. The lowest BCUT2D eigenvalue weighted by molar-refractivity contribution is -0.144. The molecule has 11 heteroatoms. The van der Waals surface area contributed by atoms with Crippen LogP contribution in [0.2, 0.25) is 0 Å². The van der Waals surface area contributed by atoms with E-state index in [2.05, 4.69) is 15.4 Å². The molecule has 0 aromatic carbocycles. The van der Waals surface area contributed by atoms with Crippen molar-refractivity contribution < 1.29 is 22.8 Å². The van der Waals surface area contributed by atoms with Gasteiger partial charge in [0.15, 0.2) is 0 Å². The summed E-state index contributed by atoms with van der Waals surface area (Å²) in [5, 5.41) is 9.18. The predicted molar refractivity (Wildman–Crippen MR) is 83.0 cm³/mol. The van der Waals surface area contributed by atoms with Gasteiger partial charge in [0.05, 0.1) is 4.88 Å². The van der Waals surface area contributed by atoms with E-state index < -0.39 is 29.8 Å². The van der Waals surface area contributed by atoms with Crippen molar-refractivity contribution in [3.05, 3.63) is 28.2 Å². The van der Waals surface area contributed by atoms with Crippen molar-refractivity contribution >= 4 is 29.1 Å². The third kappa shape index (κ3) is 3.98. The molecule has 0 unspecified atom stereocenters. The summed E-state index contributed by atoms with van der Waals surface area (Å²) in [6.45, 7) is 0.827. The SMILES string of the molecule is O=C(Nc1n[nH]c(C(F)(F)F)n1)C1CCN(C(=O)c2cccs2)CC1. The van der Waals surface area contributed by atoms with Crippen LogP contribution in [-0.4, -0.2) is 45.0 Å². The molecule has 2 aromatic heterocycles. The third-order valence-electron chi connectivity index (χ3n) is 3.87. The second-order valence-corrected chi connectivity index (χ2v) is 6.49. The maximum Gasteiger partial charge on any atom is 0.451 e. The van der Waals surface area contributed by atoms with E-state index in [-0.39, 0.29) is 5.91 Å². The van der Waals surface area contributed by atoms with Crippen molar-refractivity contribution in [2.75, 3.05) is 18.4 Å². The van der Waals surface area contributed by atoms with Crippen LogP contribution in [0.25, 0.3) is 0 Å². The van der Waals surface area contributed by atoms with Gasteiger partial charge >= 0.3 is 6.18 Å². The number of amides is 2. The molecular weight excluding hydrogens is 359 g/mol. The topological polar surface area (TPSA) is 91.0 Å². The number of halogens is 3. The number of piperidine rings is 1. The minimum atomic E-state index is -4.65. The first kappa shape index (κ1) is 17.4. The Labute approximate surface area is 144 Å². The fraction of sp³-hybridized carbons (Fsp3) is 0.429. The summed E-state index contributed by atoms with van der Waals surface area (Å²) < 4.78 is 37.3. The van der Waals surface area contributed by atoms with Gasteiger partial charge in [0.25, 0.3) is 5.91 Å². The van der Waals surface area contributed by atoms with Crippen LogP contribution in [0.3, 0.4) is 0 Å². The smallest absolute Gasteiger partial charge is 0.338 e. The molecule has 3 rings (SSSR count). The van der Waals surface area contributed by atoms with Gasteiger partial charge in [-0.15, -0.1) is 16.4 Å². The largest absolute Gasteiger partial charge is 0.451 e. The first-order valence-electron chi connectivity index (χ1n) is 7.48. The Morgan fingerprint density at radius 3 is 2.60 bits per heavy atom. The van der Waals surface area contributed by atoms with Gasteiger partial charge in [-0.3, -0.25) is 20.0 Å². The van der Waals surface area contributed by atoms with Crippen molar-refractivity contribution in [2.45, 2.75) is 19.0 Å². The lowest BCUT2D eigenvalue weighted by Crippen LogP contribution is -2.41. The number of alkyl halides is 3. The maximum atomic E-state index is 12.4. The Bertz CT molecular complexity index is 751. The van der Waals surface area contributed by atoms with Gasteiger partial charge in [0, 0.05) is 19.0 Å². The lowest BCUT2D eigenvalue weighted by atomic mass is 9.96. The number of likely N-dealkylation sites (tertiary alicyclic amines) is 1. The molecule has 0 bridgehead atoms. The van der Waals surface area contributed by atoms with Crippen LogP contribution in [0.1, 0.15) is 28.3 Å². The minimum absolute atomic E-state index is 0.0716. The van der Waals surface area contributed by atoms with Gasteiger partial charge in [-0.1, -0.05) is 6.07 Å². The van der Waals surface area contributed by atoms with Crippen molar-refractivity contribution in [2.24, 2.45) is 5.92 Å². The zero-order chi connectivity index (χ0) is 18.0. The van der Waals surface area contributed by atoms with Gasteiger partial charge in [-0.2, -0.15) is 18.2 Å². The summed E-state index contributed by atoms with van der Waals surface area (Å²) in [6, 6.07) is 3.54. The molecule has 0 radical (unpaired) electrons. The number of H-pyrrole nitrogens is 1. The molecule has 0 aliphatic carbocycles. The number of nitrogens with zero attached hydrogens (tertiary/aromatic N) is 3. The molecule has 0 spiro atoms. The molecule has 2 N–H and O–H groups in total. The standard InChI is InChI=1S/C14H14F3N5O2S/c15-14(16,17)12-19-13(21-20-12)18-10(23)8-3-5-22(6-4-8)11(24)9-2-1-7-25-9/h1-2,7-8H,3-6H2,(H2,18,19,20,21,23). The molecule has 0 atom stereocenters. The second-order valence-electron chi connectivity index (χ2n) is 5.54.